The van der Waals surface area contributed by atoms with Gasteiger partial charge in [-0.1, -0.05) is 6.07 Å². The van der Waals surface area contributed by atoms with E-state index in [-0.39, 0.29) is 24.8 Å². The molecule has 0 saturated carbocycles. The highest BCUT2D eigenvalue weighted by Crippen LogP contribution is 2.07. The van der Waals surface area contributed by atoms with Crippen molar-refractivity contribution >= 4 is 17.5 Å². The number of carbonyl (C=O) groups excluding carboxylic acids is 2. The topological polar surface area (TPSA) is 66.7 Å². The number of nitrogens with one attached hydrogen (secondary N) is 1. The Morgan fingerprint density at radius 2 is 2.30 bits per heavy atom. The molecule has 0 bridgehead atoms. The van der Waals surface area contributed by atoms with Gasteiger partial charge in [0, 0.05) is 25.5 Å². The van der Waals surface area contributed by atoms with Gasteiger partial charge in [-0.2, -0.15) is 0 Å². The van der Waals surface area contributed by atoms with E-state index in [4.69, 9.17) is 0 Å². The maximum absolute atomic E-state index is 12.2. The van der Waals surface area contributed by atoms with Crippen molar-refractivity contribution in [3.63, 3.8) is 0 Å². The fourth-order valence-electron chi connectivity index (χ4n) is 2.36. The number of rotatable bonds is 2. The van der Waals surface area contributed by atoms with Gasteiger partial charge in [0.1, 0.15) is 5.65 Å². The normalized spacial score (nSPS) is 16.0. The van der Waals surface area contributed by atoms with Crippen LogP contribution in [0.15, 0.2) is 30.6 Å². The van der Waals surface area contributed by atoms with E-state index in [1.54, 1.807) is 4.90 Å². The molecule has 1 saturated heterocycles. The molecule has 1 fully saturated rings. The van der Waals surface area contributed by atoms with Crippen LogP contribution in [0.25, 0.3) is 5.65 Å². The van der Waals surface area contributed by atoms with Gasteiger partial charge in [0.15, 0.2) is 0 Å². The first kappa shape index (κ1) is 12.7. The van der Waals surface area contributed by atoms with E-state index in [0.29, 0.717) is 13.1 Å². The Labute approximate surface area is 116 Å². The van der Waals surface area contributed by atoms with Gasteiger partial charge in [0.05, 0.1) is 18.7 Å². The number of hydrogen-bond acceptors (Lipinski definition) is 3. The zero-order valence-corrected chi connectivity index (χ0v) is 11.1. The molecule has 1 aliphatic rings. The molecule has 0 aromatic carbocycles. The summed E-state index contributed by atoms with van der Waals surface area (Å²) in [6.45, 7) is 1.40. The average molecular weight is 272 g/mol. The minimum Gasteiger partial charge on any atom is -0.354 e. The molecular weight excluding hydrogens is 256 g/mol. The highest BCUT2D eigenvalue weighted by molar-refractivity contribution is 5.86. The third kappa shape index (κ3) is 2.64. The average Bonchev–Trinajstić information content (AvgIpc) is 2.71. The van der Waals surface area contributed by atoms with E-state index in [9.17, 15) is 9.59 Å². The van der Waals surface area contributed by atoms with Crippen molar-refractivity contribution in [2.45, 2.75) is 12.8 Å². The predicted molar refractivity (Wildman–Crippen MR) is 73.1 cm³/mol. The fraction of sp³-hybridized carbons (Fsp3) is 0.357. The second kappa shape index (κ2) is 5.32. The van der Waals surface area contributed by atoms with Crippen LogP contribution in [0.4, 0.5) is 0 Å². The van der Waals surface area contributed by atoms with Crippen LogP contribution in [0.3, 0.4) is 0 Å². The summed E-state index contributed by atoms with van der Waals surface area (Å²) in [5.74, 6) is -0.142. The Balaban J connectivity index is 1.72. The highest BCUT2D eigenvalue weighted by Gasteiger charge is 2.20. The molecule has 104 valence electrons. The van der Waals surface area contributed by atoms with Crippen molar-refractivity contribution in [2.24, 2.45) is 0 Å². The molecule has 0 unspecified atom stereocenters. The molecule has 2 aromatic heterocycles. The monoisotopic (exact) mass is 272 g/mol. The van der Waals surface area contributed by atoms with Crippen LogP contribution >= 0.6 is 0 Å². The first-order chi connectivity index (χ1) is 9.72. The fourth-order valence-corrected chi connectivity index (χ4v) is 2.36. The lowest BCUT2D eigenvalue weighted by Crippen LogP contribution is -2.38. The Kier molecular flexibility index (Phi) is 3.37. The smallest absolute Gasteiger partial charge is 0.239 e. The van der Waals surface area contributed by atoms with Gasteiger partial charge in [0.25, 0.3) is 0 Å². The van der Waals surface area contributed by atoms with Gasteiger partial charge >= 0.3 is 0 Å². The lowest BCUT2D eigenvalue weighted by molar-refractivity contribution is -0.134. The van der Waals surface area contributed by atoms with Crippen LogP contribution in [0.2, 0.25) is 0 Å². The van der Waals surface area contributed by atoms with Crippen LogP contribution in [-0.2, 0) is 16.0 Å². The highest BCUT2D eigenvalue weighted by atomic mass is 16.2. The van der Waals surface area contributed by atoms with E-state index >= 15 is 0 Å². The van der Waals surface area contributed by atoms with Crippen molar-refractivity contribution in [1.82, 2.24) is 19.6 Å². The van der Waals surface area contributed by atoms with Crippen molar-refractivity contribution in [1.29, 1.82) is 0 Å². The molecule has 6 nitrogen and oxygen atoms in total. The second-order valence-corrected chi connectivity index (χ2v) is 4.89. The van der Waals surface area contributed by atoms with Crippen molar-refractivity contribution in [2.75, 3.05) is 19.6 Å². The SMILES string of the molecule is O=C1CN(C(=O)Cc2cn3ccccc3n2)CCCN1. The Bertz CT molecular complexity index is 616. The largest absolute Gasteiger partial charge is 0.354 e. The van der Waals surface area contributed by atoms with Gasteiger partial charge in [-0.05, 0) is 18.6 Å². The van der Waals surface area contributed by atoms with Crippen LogP contribution < -0.4 is 5.32 Å². The summed E-state index contributed by atoms with van der Waals surface area (Å²) in [6.07, 6.45) is 4.78. The van der Waals surface area contributed by atoms with E-state index < -0.39 is 0 Å². The summed E-state index contributed by atoms with van der Waals surface area (Å²) in [5.41, 5.74) is 1.55. The maximum atomic E-state index is 12.2. The first-order valence-electron chi connectivity index (χ1n) is 6.69. The molecule has 2 amide bonds. The third-order valence-corrected chi connectivity index (χ3v) is 3.36. The van der Waals surface area contributed by atoms with Crippen molar-refractivity contribution in [3.8, 4) is 0 Å². The van der Waals surface area contributed by atoms with Crippen molar-refractivity contribution < 1.29 is 9.59 Å². The predicted octanol–water partition coefficient (Wildman–Crippen LogP) is 0.225. The van der Waals surface area contributed by atoms with Gasteiger partial charge in [-0.25, -0.2) is 4.98 Å². The van der Waals surface area contributed by atoms with E-state index in [1.165, 1.54) is 0 Å². The number of nitrogens with zero attached hydrogens (tertiary/aromatic N) is 3. The number of imidazole rings is 1. The van der Waals surface area contributed by atoms with Crippen LogP contribution in [0, 0.1) is 0 Å². The number of hydrogen-bond donors (Lipinski definition) is 1. The zero-order valence-electron chi connectivity index (χ0n) is 11.1. The van der Waals surface area contributed by atoms with Gasteiger partial charge in [-0.3, -0.25) is 9.59 Å². The summed E-state index contributed by atoms with van der Waals surface area (Å²) < 4.78 is 1.89. The van der Waals surface area contributed by atoms with Gasteiger partial charge in [-0.15, -0.1) is 0 Å². The standard InChI is InChI=1S/C14H16N4O2/c19-13-10-18(7-3-5-15-13)14(20)8-11-9-17-6-2-1-4-12(17)16-11/h1-2,4,6,9H,3,5,7-8,10H2,(H,15,19). The lowest BCUT2D eigenvalue weighted by Gasteiger charge is -2.18. The van der Waals surface area contributed by atoms with Crippen LogP contribution in [-0.4, -0.2) is 45.7 Å². The third-order valence-electron chi connectivity index (χ3n) is 3.36. The van der Waals surface area contributed by atoms with Gasteiger partial charge < -0.3 is 14.6 Å². The Morgan fingerprint density at radius 3 is 3.15 bits per heavy atom. The Hall–Kier alpha value is -2.37. The Morgan fingerprint density at radius 1 is 1.40 bits per heavy atom. The minimum atomic E-state index is -0.0918. The summed E-state index contributed by atoms with van der Waals surface area (Å²) >= 11 is 0. The molecule has 0 radical (unpaired) electrons. The molecule has 1 aliphatic heterocycles. The number of aromatic nitrogens is 2. The zero-order chi connectivity index (χ0) is 13.9. The summed E-state index contributed by atoms with van der Waals surface area (Å²) in [7, 11) is 0. The van der Waals surface area contributed by atoms with Crippen LogP contribution in [0.5, 0.6) is 0 Å². The number of amides is 2. The summed E-state index contributed by atoms with van der Waals surface area (Å²) in [5, 5.41) is 2.76. The molecule has 20 heavy (non-hydrogen) atoms. The summed E-state index contributed by atoms with van der Waals surface area (Å²) in [6, 6.07) is 5.72. The molecule has 2 aromatic rings. The molecular formula is C14H16N4O2. The molecule has 1 N–H and O–H groups in total. The molecule has 6 heteroatoms. The van der Waals surface area contributed by atoms with Crippen LogP contribution in [0.1, 0.15) is 12.1 Å². The number of fused-ring (bicyclic) bond motifs is 1. The lowest BCUT2D eigenvalue weighted by atomic mass is 10.3. The minimum absolute atomic E-state index is 0.0505. The molecule has 0 atom stereocenters. The first-order valence-corrected chi connectivity index (χ1v) is 6.69. The quantitative estimate of drug-likeness (QED) is 0.850. The van der Waals surface area contributed by atoms with E-state index in [2.05, 4.69) is 10.3 Å². The molecule has 3 heterocycles. The molecule has 0 spiro atoms. The molecule has 3 rings (SSSR count). The van der Waals surface area contributed by atoms with E-state index in [0.717, 1.165) is 17.8 Å². The van der Waals surface area contributed by atoms with Crippen molar-refractivity contribution in [3.05, 3.63) is 36.3 Å². The maximum Gasteiger partial charge on any atom is 0.239 e. The van der Waals surface area contributed by atoms with E-state index in [1.807, 2.05) is 35.0 Å². The number of carbonyl (C=O) groups is 2. The van der Waals surface area contributed by atoms with Gasteiger partial charge in [0.2, 0.25) is 11.8 Å². The summed E-state index contributed by atoms with van der Waals surface area (Å²) in [4.78, 5) is 29.7. The second-order valence-electron chi connectivity index (χ2n) is 4.89. The number of pyridine rings is 1. The molecule has 0 aliphatic carbocycles.